The van der Waals surface area contributed by atoms with E-state index < -0.39 is 0 Å². The van der Waals surface area contributed by atoms with Gasteiger partial charge in [-0.3, -0.25) is 9.59 Å². The van der Waals surface area contributed by atoms with Crippen molar-refractivity contribution in [1.29, 1.82) is 0 Å². The molecule has 0 saturated carbocycles. The van der Waals surface area contributed by atoms with E-state index in [9.17, 15) is 9.59 Å². The predicted octanol–water partition coefficient (Wildman–Crippen LogP) is 4.03. The molecule has 0 radical (unpaired) electrons. The van der Waals surface area contributed by atoms with Crippen LogP contribution in [0.5, 0.6) is 0 Å². The summed E-state index contributed by atoms with van der Waals surface area (Å²) in [6.07, 6.45) is 0.401. The van der Waals surface area contributed by atoms with E-state index in [0.29, 0.717) is 12.2 Å². The van der Waals surface area contributed by atoms with Crippen LogP contribution in [0.2, 0.25) is 0 Å². The van der Waals surface area contributed by atoms with Gasteiger partial charge in [0.2, 0.25) is 11.8 Å². The highest BCUT2D eigenvalue weighted by Gasteiger charge is 2.20. The molecule has 5 nitrogen and oxygen atoms in total. The molecule has 2 aliphatic rings. The highest BCUT2D eigenvalue weighted by molar-refractivity contribution is 8.38. The zero-order valence-electron chi connectivity index (χ0n) is 14.8. The molecule has 2 aromatic rings. The first-order chi connectivity index (χ1) is 13.1. The summed E-state index contributed by atoms with van der Waals surface area (Å²) in [4.78, 5) is 28.4. The number of carbonyl (C=O) groups excluding carboxylic acids is 2. The quantitative estimate of drug-likeness (QED) is 0.817. The van der Waals surface area contributed by atoms with Crippen LogP contribution in [0.25, 0.3) is 0 Å². The smallest absolute Gasteiger partial charge is 0.230 e. The number of carbonyl (C=O) groups is 2. The zero-order chi connectivity index (χ0) is 18.8. The van der Waals surface area contributed by atoms with Gasteiger partial charge in [-0.25, -0.2) is 4.99 Å². The number of thioether (sulfide) groups is 2. The molecule has 138 valence electrons. The Kier molecular flexibility index (Phi) is 5.22. The molecule has 0 saturated heterocycles. The number of hydrogen-bond donors (Lipinski definition) is 2. The van der Waals surface area contributed by atoms with Crippen molar-refractivity contribution in [3.05, 3.63) is 59.2 Å². The number of anilines is 1. The Morgan fingerprint density at radius 1 is 1.30 bits per heavy atom. The molecule has 1 atom stereocenters. The molecule has 27 heavy (non-hydrogen) atoms. The predicted molar refractivity (Wildman–Crippen MR) is 113 cm³/mol. The minimum Gasteiger partial charge on any atom is -0.349 e. The Morgan fingerprint density at radius 2 is 2.15 bits per heavy atom. The summed E-state index contributed by atoms with van der Waals surface area (Å²) in [6, 6.07) is 13.8. The van der Waals surface area contributed by atoms with E-state index in [2.05, 4.69) is 21.7 Å². The number of para-hydroxylation sites is 1. The van der Waals surface area contributed by atoms with E-state index >= 15 is 0 Å². The molecule has 2 amide bonds. The first-order valence-corrected chi connectivity index (χ1v) is 10.7. The summed E-state index contributed by atoms with van der Waals surface area (Å²) in [5.74, 6) is 1.22. The summed E-state index contributed by atoms with van der Waals surface area (Å²) in [6.45, 7) is 1.96. The molecule has 2 heterocycles. The highest BCUT2D eigenvalue weighted by Crippen LogP contribution is 2.34. The maximum atomic E-state index is 12.3. The van der Waals surface area contributed by atoms with Gasteiger partial charge in [0.1, 0.15) is 4.38 Å². The number of aliphatic imine (C=N–C) groups is 1. The van der Waals surface area contributed by atoms with Crippen LogP contribution in [0, 0.1) is 0 Å². The molecular formula is C20H19N3O2S2. The van der Waals surface area contributed by atoms with Crippen molar-refractivity contribution in [3.63, 3.8) is 0 Å². The fourth-order valence-electron chi connectivity index (χ4n) is 3.10. The van der Waals surface area contributed by atoms with Crippen LogP contribution in [0.3, 0.4) is 0 Å². The summed E-state index contributed by atoms with van der Waals surface area (Å²) in [5, 5.41) is 5.85. The number of hydrogen-bond acceptors (Lipinski definition) is 5. The van der Waals surface area contributed by atoms with Crippen molar-refractivity contribution < 1.29 is 9.59 Å². The molecular weight excluding hydrogens is 378 g/mol. The molecule has 0 fully saturated rings. The van der Waals surface area contributed by atoms with Gasteiger partial charge < -0.3 is 10.6 Å². The highest BCUT2D eigenvalue weighted by atomic mass is 32.2. The van der Waals surface area contributed by atoms with Gasteiger partial charge in [-0.1, -0.05) is 53.9 Å². The van der Waals surface area contributed by atoms with Gasteiger partial charge in [0, 0.05) is 11.4 Å². The lowest BCUT2D eigenvalue weighted by atomic mass is 10.0. The largest absolute Gasteiger partial charge is 0.349 e. The molecule has 2 aromatic carbocycles. The van der Waals surface area contributed by atoms with E-state index in [1.165, 1.54) is 17.3 Å². The Morgan fingerprint density at radius 3 is 3.04 bits per heavy atom. The molecule has 0 aliphatic carbocycles. The number of fused-ring (bicyclic) bond motifs is 2. The minimum absolute atomic E-state index is 0.0163. The third-order valence-corrected chi connectivity index (χ3v) is 6.76. The van der Waals surface area contributed by atoms with Crippen molar-refractivity contribution in [1.82, 2.24) is 5.32 Å². The molecule has 2 N–H and O–H groups in total. The maximum Gasteiger partial charge on any atom is 0.230 e. The van der Waals surface area contributed by atoms with Crippen molar-refractivity contribution in [3.8, 4) is 0 Å². The molecule has 4 rings (SSSR count). The number of amides is 2. The Hall–Kier alpha value is -2.25. The molecule has 0 aromatic heterocycles. The van der Waals surface area contributed by atoms with Crippen LogP contribution in [0.15, 0.2) is 47.5 Å². The fourth-order valence-corrected chi connectivity index (χ4v) is 4.97. The summed E-state index contributed by atoms with van der Waals surface area (Å²) >= 11 is 3.14. The average molecular weight is 398 g/mol. The molecule has 0 unspecified atom stereocenters. The van der Waals surface area contributed by atoms with E-state index in [0.717, 1.165) is 32.6 Å². The van der Waals surface area contributed by atoms with Gasteiger partial charge in [0.25, 0.3) is 0 Å². The maximum absolute atomic E-state index is 12.3. The van der Waals surface area contributed by atoms with Crippen LogP contribution >= 0.6 is 23.5 Å². The first kappa shape index (κ1) is 18.1. The lowest BCUT2D eigenvalue weighted by molar-refractivity contribution is -0.119. The van der Waals surface area contributed by atoms with Crippen LogP contribution in [-0.2, 0) is 21.8 Å². The SMILES string of the molecule is C[C@@H](NC(=O)CSC1=Nc2ccccc2CS1)c1ccc2c(c1)CC(=O)N2. The topological polar surface area (TPSA) is 70.6 Å². The van der Waals surface area contributed by atoms with Gasteiger partial charge in [-0.05, 0) is 35.7 Å². The van der Waals surface area contributed by atoms with E-state index in [-0.39, 0.29) is 17.9 Å². The second-order valence-electron chi connectivity index (χ2n) is 6.51. The monoisotopic (exact) mass is 397 g/mol. The Balaban J connectivity index is 1.33. The van der Waals surface area contributed by atoms with Gasteiger partial charge in [0.05, 0.1) is 23.9 Å². The zero-order valence-corrected chi connectivity index (χ0v) is 16.5. The van der Waals surface area contributed by atoms with E-state index in [4.69, 9.17) is 0 Å². The fraction of sp³-hybridized carbons (Fsp3) is 0.250. The van der Waals surface area contributed by atoms with Crippen molar-refractivity contribution in [2.24, 2.45) is 4.99 Å². The molecule has 0 spiro atoms. The average Bonchev–Trinajstić information content (AvgIpc) is 3.05. The van der Waals surface area contributed by atoms with E-state index in [1.807, 2.05) is 43.3 Å². The Bertz CT molecular complexity index is 943. The second kappa shape index (κ2) is 7.78. The van der Waals surface area contributed by atoms with Crippen molar-refractivity contribution in [2.75, 3.05) is 11.1 Å². The van der Waals surface area contributed by atoms with Gasteiger partial charge in [-0.15, -0.1) is 0 Å². The third kappa shape index (κ3) is 4.20. The molecule has 2 aliphatic heterocycles. The standard InChI is InChI=1S/C20H19N3O2S2/c1-12(13-6-7-17-15(8-13)9-18(24)22-17)21-19(25)11-27-20-23-16-5-3-2-4-14(16)10-26-20/h2-8,12H,9-11H2,1H3,(H,21,25)(H,22,24)/t12-/m1/s1. The molecule has 0 bridgehead atoms. The normalized spacial score (nSPS) is 16.0. The summed E-state index contributed by atoms with van der Waals surface area (Å²) < 4.78 is 0.929. The molecule has 7 heteroatoms. The number of benzene rings is 2. The number of rotatable bonds is 4. The first-order valence-electron chi connectivity index (χ1n) is 8.73. The number of nitrogens with one attached hydrogen (secondary N) is 2. The minimum atomic E-state index is -0.110. The van der Waals surface area contributed by atoms with Gasteiger partial charge >= 0.3 is 0 Å². The van der Waals surface area contributed by atoms with Crippen LogP contribution in [-0.4, -0.2) is 21.9 Å². The van der Waals surface area contributed by atoms with E-state index in [1.54, 1.807) is 11.8 Å². The third-order valence-electron chi connectivity index (χ3n) is 4.51. The van der Waals surface area contributed by atoms with Crippen LogP contribution in [0.1, 0.15) is 29.7 Å². The van der Waals surface area contributed by atoms with Gasteiger partial charge in [0.15, 0.2) is 0 Å². The van der Waals surface area contributed by atoms with Crippen molar-refractivity contribution >= 4 is 51.1 Å². The lowest BCUT2D eigenvalue weighted by Gasteiger charge is -2.16. The van der Waals surface area contributed by atoms with Crippen LogP contribution < -0.4 is 10.6 Å². The Labute approximate surface area is 166 Å². The summed E-state index contributed by atoms with van der Waals surface area (Å²) in [5.41, 5.74) is 5.08. The second-order valence-corrected chi connectivity index (χ2v) is 8.70. The van der Waals surface area contributed by atoms with Crippen LogP contribution in [0.4, 0.5) is 11.4 Å². The summed E-state index contributed by atoms with van der Waals surface area (Å²) in [7, 11) is 0. The van der Waals surface area contributed by atoms with Gasteiger partial charge in [-0.2, -0.15) is 0 Å². The number of nitrogens with zero attached hydrogens (tertiary/aromatic N) is 1. The lowest BCUT2D eigenvalue weighted by Crippen LogP contribution is -2.28. The van der Waals surface area contributed by atoms with Crippen molar-refractivity contribution in [2.45, 2.75) is 25.1 Å².